The molecular weight excluding hydrogens is 260 g/mol. The zero-order chi connectivity index (χ0) is 15.1. The standard InChI is InChI=1S/C18H30N2O/c1-4-10-19-12-17-8-9-18(21-17)14-20(3)13-16-7-5-6-15(2)11-16/h5-7,11,17-19H,4,8-10,12-14H2,1-3H3. The number of hydrogen-bond acceptors (Lipinski definition) is 3. The van der Waals surface area contributed by atoms with Crippen LogP contribution in [-0.4, -0.2) is 43.8 Å². The zero-order valence-corrected chi connectivity index (χ0v) is 13.8. The van der Waals surface area contributed by atoms with E-state index >= 15 is 0 Å². The van der Waals surface area contributed by atoms with E-state index in [9.17, 15) is 0 Å². The van der Waals surface area contributed by atoms with E-state index in [2.05, 4.69) is 55.4 Å². The van der Waals surface area contributed by atoms with Crippen molar-refractivity contribution in [2.24, 2.45) is 0 Å². The highest BCUT2D eigenvalue weighted by atomic mass is 16.5. The van der Waals surface area contributed by atoms with Gasteiger partial charge in [-0.3, -0.25) is 4.90 Å². The summed E-state index contributed by atoms with van der Waals surface area (Å²) in [6.45, 7) is 8.48. The number of ether oxygens (including phenoxy) is 1. The molecule has 1 saturated heterocycles. The Morgan fingerprint density at radius 3 is 2.86 bits per heavy atom. The van der Waals surface area contributed by atoms with Gasteiger partial charge in [0, 0.05) is 19.6 Å². The SMILES string of the molecule is CCCNCC1CCC(CN(C)Cc2cccc(C)c2)O1. The first kappa shape index (κ1) is 16.5. The van der Waals surface area contributed by atoms with Gasteiger partial charge < -0.3 is 10.1 Å². The van der Waals surface area contributed by atoms with E-state index < -0.39 is 0 Å². The van der Waals surface area contributed by atoms with Gasteiger partial charge in [-0.1, -0.05) is 36.8 Å². The number of benzene rings is 1. The lowest BCUT2D eigenvalue weighted by atomic mass is 10.1. The molecule has 2 unspecified atom stereocenters. The first-order chi connectivity index (χ1) is 10.2. The Hall–Kier alpha value is -0.900. The van der Waals surface area contributed by atoms with Crippen molar-refractivity contribution in [3.63, 3.8) is 0 Å². The molecule has 3 nitrogen and oxygen atoms in total. The number of nitrogens with zero attached hydrogens (tertiary/aromatic N) is 1. The van der Waals surface area contributed by atoms with E-state index in [1.807, 2.05) is 0 Å². The Balaban J connectivity index is 1.70. The van der Waals surface area contributed by atoms with E-state index in [1.165, 1.54) is 30.4 Å². The minimum Gasteiger partial charge on any atom is -0.372 e. The van der Waals surface area contributed by atoms with Crippen LogP contribution in [-0.2, 0) is 11.3 Å². The van der Waals surface area contributed by atoms with Crippen molar-refractivity contribution in [2.75, 3.05) is 26.7 Å². The highest BCUT2D eigenvalue weighted by Crippen LogP contribution is 2.20. The summed E-state index contributed by atoms with van der Waals surface area (Å²) in [5.74, 6) is 0. The maximum Gasteiger partial charge on any atom is 0.0707 e. The molecule has 1 aromatic rings. The summed E-state index contributed by atoms with van der Waals surface area (Å²) in [4.78, 5) is 2.38. The molecule has 0 saturated carbocycles. The van der Waals surface area contributed by atoms with Crippen LogP contribution >= 0.6 is 0 Å². The predicted molar refractivity (Wildman–Crippen MR) is 88.6 cm³/mol. The fourth-order valence-corrected chi connectivity index (χ4v) is 3.04. The second-order valence-corrected chi connectivity index (χ2v) is 6.35. The van der Waals surface area contributed by atoms with Crippen molar-refractivity contribution >= 4 is 0 Å². The molecule has 1 fully saturated rings. The predicted octanol–water partition coefficient (Wildman–Crippen LogP) is 2.97. The number of aryl methyl sites for hydroxylation is 1. The van der Waals surface area contributed by atoms with Crippen LogP contribution in [0.1, 0.15) is 37.3 Å². The van der Waals surface area contributed by atoms with E-state index in [4.69, 9.17) is 4.74 Å². The Kier molecular flexibility index (Phi) is 6.68. The van der Waals surface area contributed by atoms with Crippen molar-refractivity contribution in [1.82, 2.24) is 10.2 Å². The van der Waals surface area contributed by atoms with E-state index in [0.29, 0.717) is 12.2 Å². The van der Waals surface area contributed by atoms with Crippen molar-refractivity contribution < 1.29 is 4.74 Å². The fraction of sp³-hybridized carbons (Fsp3) is 0.667. The Morgan fingerprint density at radius 1 is 1.29 bits per heavy atom. The monoisotopic (exact) mass is 290 g/mol. The van der Waals surface area contributed by atoms with Gasteiger partial charge in [0.15, 0.2) is 0 Å². The van der Waals surface area contributed by atoms with Gasteiger partial charge in [-0.05, 0) is 45.3 Å². The lowest BCUT2D eigenvalue weighted by molar-refractivity contribution is 0.0268. The second kappa shape index (κ2) is 8.52. The van der Waals surface area contributed by atoms with E-state index in [1.54, 1.807) is 0 Å². The van der Waals surface area contributed by atoms with Gasteiger partial charge in [-0.2, -0.15) is 0 Å². The second-order valence-electron chi connectivity index (χ2n) is 6.35. The molecule has 3 heteroatoms. The number of nitrogens with one attached hydrogen (secondary N) is 1. The summed E-state index contributed by atoms with van der Waals surface area (Å²) in [5, 5.41) is 3.46. The topological polar surface area (TPSA) is 24.5 Å². The van der Waals surface area contributed by atoms with Gasteiger partial charge >= 0.3 is 0 Å². The molecule has 1 N–H and O–H groups in total. The molecule has 1 aliphatic heterocycles. The molecule has 118 valence electrons. The molecule has 1 heterocycles. The molecule has 0 aromatic heterocycles. The molecule has 2 rings (SSSR count). The van der Waals surface area contributed by atoms with Crippen molar-refractivity contribution in [3.8, 4) is 0 Å². The molecule has 0 aliphatic carbocycles. The summed E-state index contributed by atoms with van der Waals surface area (Å²) in [7, 11) is 2.19. The average Bonchev–Trinajstić information content (AvgIpc) is 2.86. The van der Waals surface area contributed by atoms with Crippen molar-refractivity contribution in [2.45, 2.75) is 51.9 Å². The quantitative estimate of drug-likeness (QED) is 0.745. The fourth-order valence-electron chi connectivity index (χ4n) is 3.04. The van der Waals surface area contributed by atoms with E-state index in [-0.39, 0.29) is 0 Å². The number of rotatable bonds is 8. The molecule has 0 amide bonds. The molecule has 1 aromatic carbocycles. The lowest BCUT2D eigenvalue weighted by Gasteiger charge is -2.22. The van der Waals surface area contributed by atoms with Crippen LogP contribution in [0, 0.1) is 6.92 Å². The minimum absolute atomic E-state index is 0.397. The van der Waals surface area contributed by atoms with Crippen LogP contribution < -0.4 is 5.32 Å². The molecule has 0 radical (unpaired) electrons. The summed E-state index contributed by atoms with van der Waals surface area (Å²) in [6.07, 6.45) is 4.38. The van der Waals surface area contributed by atoms with Crippen LogP contribution in [0.15, 0.2) is 24.3 Å². The molecule has 21 heavy (non-hydrogen) atoms. The third-order valence-corrected chi connectivity index (χ3v) is 4.04. The summed E-state index contributed by atoms with van der Waals surface area (Å²) < 4.78 is 6.14. The van der Waals surface area contributed by atoms with Crippen LogP contribution in [0.5, 0.6) is 0 Å². The normalized spacial score (nSPS) is 22.1. The maximum atomic E-state index is 6.14. The number of hydrogen-bond donors (Lipinski definition) is 1. The third-order valence-electron chi connectivity index (χ3n) is 4.04. The lowest BCUT2D eigenvalue weighted by Crippen LogP contribution is -2.31. The first-order valence-corrected chi connectivity index (χ1v) is 8.27. The van der Waals surface area contributed by atoms with Gasteiger partial charge in [0.1, 0.15) is 0 Å². The summed E-state index contributed by atoms with van der Waals surface area (Å²) in [6, 6.07) is 8.76. The third kappa shape index (κ3) is 5.77. The van der Waals surface area contributed by atoms with Gasteiger partial charge in [-0.25, -0.2) is 0 Å². The van der Waals surface area contributed by atoms with Crippen LogP contribution in [0.4, 0.5) is 0 Å². The van der Waals surface area contributed by atoms with Crippen LogP contribution in [0.3, 0.4) is 0 Å². The Bertz CT molecular complexity index is 421. The maximum absolute atomic E-state index is 6.14. The van der Waals surface area contributed by atoms with Crippen LogP contribution in [0.2, 0.25) is 0 Å². The molecule has 0 bridgehead atoms. The summed E-state index contributed by atoms with van der Waals surface area (Å²) in [5.41, 5.74) is 2.72. The van der Waals surface area contributed by atoms with Gasteiger partial charge in [0.25, 0.3) is 0 Å². The van der Waals surface area contributed by atoms with Gasteiger partial charge in [0.2, 0.25) is 0 Å². The van der Waals surface area contributed by atoms with Gasteiger partial charge in [-0.15, -0.1) is 0 Å². The van der Waals surface area contributed by atoms with Gasteiger partial charge in [0.05, 0.1) is 12.2 Å². The molecule has 0 spiro atoms. The zero-order valence-electron chi connectivity index (χ0n) is 13.8. The molecule has 1 aliphatic rings. The first-order valence-electron chi connectivity index (χ1n) is 8.27. The molecule has 2 atom stereocenters. The van der Waals surface area contributed by atoms with Crippen molar-refractivity contribution in [3.05, 3.63) is 35.4 Å². The minimum atomic E-state index is 0.397. The van der Waals surface area contributed by atoms with E-state index in [0.717, 1.165) is 26.2 Å². The highest BCUT2D eigenvalue weighted by Gasteiger charge is 2.25. The number of likely N-dealkylation sites (N-methyl/N-ethyl adjacent to an activating group) is 1. The van der Waals surface area contributed by atoms with Crippen LogP contribution in [0.25, 0.3) is 0 Å². The van der Waals surface area contributed by atoms with Crippen molar-refractivity contribution in [1.29, 1.82) is 0 Å². The Labute approximate surface area is 129 Å². The smallest absolute Gasteiger partial charge is 0.0707 e. The molecular formula is C18H30N2O. The average molecular weight is 290 g/mol. The highest BCUT2D eigenvalue weighted by molar-refractivity contribution is 5.22. The Morgan fingerprint density at radius 2 is 2.10 bits per heavy atom. The largest absolute Gasteiger partial charge is 0.372 e. The summed E-state index contributed by atoms with van der Waals surface area (Å²) >= 11 is 0.